The van der Waals surface area contributed by atoms with Crippen LogP contribution in [-0.2, 0) is 6.54 Å². The summed E-state index contributed by atoms with van der Waals surface area (Å²) in [6, 6.07) is 29.4. The minimum atomic E-state index is 0.808. The summed E-state index contributed by atoms with van der Waals surface area (Å²) in [5, 5.41) is 4.84. The van der Waals surface area contributed by atoms with Gasteiger partial charge in [0.25, 0.3) is 0 Å². The predicted octanol–water partition coefficient (Wildman–Crippen LogP) is 5.45. The Morgan fingerprint density at radius 1 is 0.696 bits per heavy atom. The Morgan fingerprint density at radius 3 is 2.13 bits per heavy atom. The number of nitrogens with one attached hydrogen (secondary N) is 2. The van der Waals surface area contributed by atoms with Crippen LogP contribution in [-0.4, -0.2) is 4.98 Å². The SMILES string of the molecule is c1ccc(CNc2c(-c3ccccc3)[nH]c3ccccc23)cc1. The largest absolute Gasteiger partial charge is 0.379 e. The fourth-order valence-corrected chi connectivity index (χ4v) is 2.93. The molecule has 2 heteroatoms. The van der Waals surface area contributed by atoms with Gasteiger partial charge in [-0.25, -0.2) is 0 Å². The molecule has 2 nitrogen and oxygen atoms in total. The van der Waals surface area contributed by atoms with Gasteiger partial charge in [-0.05, 0) is 11.6 Å². The van der Waals surface area contributed by atoms with E-state index in [1.54, 1.807) is 0 Å². The van der Waals surface area contributed by atoms with Gasteiger partial charge in [-0.3, -0.25) is 0 Å². The second-order valence-corrected chi connectivity index (χ2v) is 5.63. The molecule has 23 heavy (non-hydrogen) atoms. The monoisotopic (exact) mass is 298 g/mol. The van der Waals surface area contributed by atoms with Gasteiger partial charge in [-0.1, -0.05) is 78.9 Å². The molecule has 0 bridgehead atoms. The fraction of sp³-hybridized carbons (Fsp3) is 0.0476. The topological polar surface area (TPSA) is 27.8 Å². The first-order valence-electron chi connectivity index (χ1n) is 7.86. The Kier molecular flexibility index (Phi) is 3.57. The van der Waals surface area contributed by atoms with Crippen molar-refractivity contribution in [2.75, 3.05) is 5.32 Å². The molecule has 0 aliphatic carbocycles. The van der Waals surface area contributed by atoms with Gasteiger partial charge in [0.05, 0.1) is 11.4 Å². The first kappa shape index (κ1) is 13.6. The van der Waals surface area contributed by atoms with Crippen LogP contribution in [0.4, 0.5) is 5.69 Å². The van der Waals surface area contributed by atoms with Gasteiger partial charge in [0.15, 0.2) is 0 Å². The van der Waals surface area contributed by atoms with Gasteiger partial charge in [0.1, 0.15) is 0 Å². The molecular weight excluding hydrogens is 280 g/mol. The predicted molar refractivity (Wildman–Crippen MR) is 97.5 cm³/mol. The summed E-state index contributed by atoms with van der Waals surface area (Å²) in [6.45, 7) is 0.808. The molecule has 0 fully saturated rings. The van der Waals surface area contributed by atoms with Gasteiger partial charge >= 0.3 is 0 Å². The molecule has 4 aromatic rings. The molecule has 4 rings (SSSR count). The van der Waals surface area contributed by atoms with Crippen LogP contribution in [0.5, 0.6) is 0 Å². The quantitative estimate of drug-likeness (QED) is 0.515. The van der Waals surface area contributed by atoms with E-state index in [1.165, 1.54) is 16.5 Å². The van der Waals surface area contributed by atoms with E-state index in [0.29, 0.717) is 0 Å². The van der Waals surface area contributed by atoms with Crippen LogP contribution < -0.4 is 5.32 Å². The molecule has 2 N–H and O–H groups in total. The van der Waals surface area contributed by atoms with Gasteiger partial charge < -0.3 is 10.3 Å². The van der Waals surface area contributed by atoms with Crippen molar-refractivity contribution in [3.8, 4) is 11.3 Å². The lowest BCUT2D eigenvalue weighted by Gasteiger charge is -2.09. The lowest BCUT2D eigenvalue weighted by atomic mass is 10.1. The van der Waals surface area contributed by atoms with Gasteiger partial charge in [-0.2, -0.15) is 0 Å². The van der Waals surface area contributed by atoms with Crippen molar-refractivity contribution in [2.45, 2.75) is 6.54 Å². The number of rotatable bonds is 4. The van der Waals surface area contributed by atoms with Crippen LogP contribution in [0, 0.1) is 0 Å². The summed E-state index contributed by atoms with van der Waals surface area (Å²) >= 11 is 0. The van der Waals surface area contributed by atoms with E-state index >= 15 is 0 Å². The summed E-state index contributed by atoms with van der Waals surface area (Å²) < 4.78 is 0. The van der Waals surface area contributed by atoms with E-state index in [4.69, 9.17) is 0 Å². The molecule has 0 amide bonds. The second kappa shape index (κ2) is 6.01. The van der Waals surface area contributed by atoms with Crippen LogP contribution in [0.15, 0.2) is 84.9 Å². The zero-order valence-corrected chi connectivity index (χ0v) is 12.8. The lowest BCUT2D eigenvalue weighted by Crippen LogP contribution is -1.99. The molecule has 1 aromatic heterocycles. The van der Waals surface area contributed by atoms with E-state index in [9.17, 15) is 0 Å². The standard InChI is InChI=1S/C21H18N2/c1-3-9-16(10-4-1)15-22-21-18-13-7-8-14-19(18)23-20(21)17-11-5-2-6-12-17/h1-14,22-23H,15H2. The average molecular weight is 298 g/mol. The Labute approximate surface area is 135 Å². The normalized spacial score (nSPS) is 10.8. The van der Waals surface area contributed by atoms with Crippen LogP contribution in [0.1, 0.15) is 5.56 Å². The smallest absolute Gasteiger partial charge is 0.0700 e. The number of aromatic nitrogens is 1. The summed E-state index contributed by atoms with van der Waals surface area (Å²) in [5.41, 5.74) is 5.93. The molecule has 0 radical (unpaired) electrons. The second-order valence-electron chi connectivity index (χ2n) is 5.63. The molecule has 0 saturated heterocycles. The van der Waals surface area contributed by atoms with Crippen LogP contribution in [0.25, 0.3) is 22.2 Å². The van der Waals surface area contributed by atoms with Crippen molar-refractivity contribution in [3.05, 3.63) is 90.5 Å². The number of aromatic amines is 1. The lowest BCUT2D eigenvalue weighted by molar-refractivity contribution is 1.15. The minimum Gasteiger partial charge on any atom is -0.379 e. The van der Waals surface area contributed by atoms with Crippen molar-refractivity contribution < 1.29 is 0 Å². The third kappa shape index (κ3) is 2.71. The maximum absolute atomic E-state index is 3.62. The summed E-state index contributed by atoms with van der Waals surface area (Å²) in [7, 11) is 0. The molecule has 0 spiro atoms. The molecule has 0 aliphatic rings. The number of hydrogen-bond donors (Lipinski definition) is 2. The Hall–Kier alpha value is -3.00. The van der Waals surface area contributed by atoms with Crippen molar-refractivity contribution in [1.29, 1.82) is 0 Å². The van der Waals surface area contributed by atoms with E-state index in [0.717, 1.165) is 23.4 Å². The molecule has 112 valence electrons. The van der Waals surface area contributed by atoms with Crippen LogP contribution in [0.3, 0.4) is 0 Å². The summed E-state index contributed by atoms with van der Waals surface area (Å²) in [5.74, 6) is 0. The molecule has 0 unspecified atom stereocenters. The number of fused-ring (bicyclic) bond motifs is 1. The zero-order chi connectivity index (χ0) is 15.5. The van der Waals surface area contributed by atoms with Crippen LogP contribution in [0.2, 0.25) is 0 Å². The van der Waals surface area contributed by atoms with E-state index in [1.807, 2.05) is 12.1 Å². The number of para-hydroxylation sites is 1. The first-order valence-corrected chi connectivity index (χ1v) is 7.86. The van der Waals surface area contributed by atoms with E-state index in [-0.39, 0.29) is 0 Å². The molecule has 3 aromatic carbocycles. The Balaban J connectivity index is 1.77. The highest BCUT2D eigenvalue weighted by Gasteiger charge is 2.12. The molecule has 0 aliphatic heterocycles. The number of benzene rings is 3. The zero-order valence-electron chi connectivity index (χ0n) is 12.8. The highest BCUT2D eigenvalue weighted by atomic mass is 14.9. The molecular formula is C21H18N2. The van der Waals surface area contributed by atoms with Gasteiger partial charge in [-0.15, -0.1) is 0 Å². The van der Waals surface area contributed by atoms with Crippen LogP contribution >= 0.6 is 0 Å². The Bertz CT molecular complexity index is 908. The summed E-state index contributed by atoms with van der Waals surface area (Å²) in [6.07, 6.45) is 0. The van der Waals surface area contributed by atoms with E-state index < -0.39 is 0 Å². The minimum absolute atomic E-state index is 0.808. The van der Waals surface area contributed by atoms with Crippen molar-refractivity contribution in [1.82, 2.24) is 4.98 Å². The third-order valence-corrected chi connectivity index (χ3v) is 4.08. The average Bonchev–Trinajstić information content (AvgIpc) is 3.00. The maximum atomic E-state index is 3.62. The highest BCUT2D eigenvalue weighted by molar-refractivity contribution is 6.01. The van der Waals surface area contributed by atoms with Crippen molar-refractivity contribution in [3.63, 3.8) is 0 Å². The van der Waals surface area contributed by atoms with Crippen molar-refractivity contribution in [2.24, 2.45) is 0 Å². The maximum Gasteiger partial charge on any atom is 0.0700 e. The molecule has 1 heterocycles. The van der Waals surface area contributed by atoms with Gasteiger partial charge in [0, 0.05) is 23.0 Å². The van der Waals surface area contributed by atoms with Gasteiger partial charge in [0.2, 0.25) is 0 Å². The van der Waals surface area contributed by atoms with Crippen molar-refractivity contribution >= 4 is 16.6 Å². The van der Waals surface area contributed by atoms with E-state index in [2.05, 4.69) is 83.1 Å². The first-order chi connectivity index (χ1) is 11.4. The number of hydrogen-bond acceptors (Lipinski definition) is 1. The summed E-state index contributed by atoms with van der Waals surface area (Å²) in [4.78, 5) is 3.55. The Morgan fingerprint density at radius 2 is 1.35 bits per heavy atom. The third-order valence-electron chi connectivity index (χ3n) is 4.08. The highest BCUT2D eigenvalue weighted by Crippen LogP contribution is 2.35. The fourth-order valence-electron chi connectivity index (χ4n) is 2.93. The number of anilines is 1. The number of H-pyrrole nitrogens is 1. The molecule has 0 atom stereocenters. The molecule has 0 saturated carbocycles.